The topological polar surface area (TPSA) is 56.1 Å². The van der Waals surface area contributed by atoms with Crippen LogP contribution in [0.2, 0.25) is 0 Å². The normalized spacial score (nSPS) is 14.8. The van der Waals surface area contributed by atoms with Gasteiger partial charge in [-0.1, -0.05) is 58.4 Å². The molecule has 2 heterocycles. The monoisotopic (exact) mass is 677 g/mol. The highest BCUT2D eigenvalue weighted by molar-refractivity contribution is 9.10. The lowest BCUT2D eigenvalue weighted by Gasteiger charge is -2.16. The summed E-state index contributed by atoms with van der Waals surface area (Å²) in [5.41, 5.74) is 7.05. The van der Waals surface area contributed by atoms with E-state index in [0.717, 1.165) is 55.4 Å². The maximum atomic E-state index is 13.8. The molecule has 0 spiro atoms. The zero-order valence-corrected chi connectivity index (χ0v) is 27.6. The Hall–Kier alpha value is -4.53. The summed E-state index contributed by atoms with van der Waals surface area (Å²) in [4.78, 5) is 21.1. The van der Waals surface area contributed by atoms with Crippen LogP contribution in [0.3, 0.4) is 0 Å². The summed E-state index contributed by atoms with van der Waals surface area (Å²) in [7, 11) is 1.64. The number of carbonyl (C=O) groups is 1. The Morgan fingerprint density at radius 3 is 2.20 bits per heavy atom. The van der Waals surface area contributed by atoms with E-state index in [1.807, 2.05) is 97.1 Å². The highest BCUT2D eigenvalue weighted by Gasteiger charge is 2.34. The number of aromatic nitrogens is 1. The molecule has 1 aliphatic heterocycles. The van der Waals surface area contributed by atoms with Crippen molar-refractivity contribution >= 4 is 50.5 Å². The smallest absolute Gasteiger partial charge is 0.267 e. The third-order valence-corrected chi connectivity index (χ3v) is 9.07. The molecule has 1 aliphatic rings. The Kier molecular flexibility index (Phi) is 9.23. The molecule has 0 unspecified atom stereocenters. The number of rotatable bonds is 9. The van der Waals surface area contributed by atoms with Crippen LogP contribution >= 0.6 is 27.7 Å². The molecule has 4 aromatic carbocycles. The summed E-state index contributed by atoms with van der Waals surface area (Å²) in [6.45, 7) is 5.07. The number of benzene rings is 4. The van der Waals surface area contributed by atoms with Gasteiger partial charge in [0, 0.05) is 21.5 Å². The molecular weight excluding hydrogens is 646 g/mol. The molecular formula is C37H32BrN3O3S. The molecule has 6 rings (SSSR count). The van der Waals surface area contributed by atoms with Crippen molar-refractivity contribution in [2.45, 2.75) is 27.0 Å². The summed E-state index contributed by atoms with van der Waals surface area (Å²) >= 11 is 4.87. The van der Waals surface area contributed by atoms with Crippen molar-refractivity contribution in [3.8, 4) is 17.2 Å². The number of hydrogen-bond acceptors (Lipinski definition) is 5. The largest absolute Gasteiger partial charge is 0.497 e. The lowest BCUT2D eigenvalue weighted by Crippen LogP contribution is -2.28. The summed E-state index contributed by atoms with van der Waals surface area (Å²) in [5, 5.41) is 0.654. The van der Waals surface area contributed by atoms with Crippen LogP contribution in [-0.4, -0.2) is 27.7 Å². The van der Waals surface area contributed by atoms with Gasteiger partial charge in [-0.2, -0.15) is 0 Å². The third kappa shape index (κ3) is 7.08. The Morgan fingerprint density at radius 1 is 0.844 bits per heavy atom. The van der Waals surface area contributed by atoms with Crippen LogP contribution in [0.5, 0.6) is 11.5 Å². The quantitative estimate of drug-likeness (QED) is 0.146. The van der Waals surface area contributed by atoms with E-state index < -0.39 is 0 Å². The standard InChI is InChI=1S/C37H32BrN3O3S/c1-25-21-29(26(2)41(25)32-15-19-34(20-16-32)44-24-28-9-13-30(38)14-10-28)22-35-36(42)40(23-27-11-17-33(43-3)18-12-27)37(45-35)39-31-7-5-4-6-8-31/h4-22H,23-24H2,1-3H3/b35-22-,39-37?. The van der Waals surface area contributed by atoms with Gasteiger partial charge in [-0.15, -0.1) is 0 Å². The van der Waals surface area contributed by atoms with E-state index >= 15 is 0 Å². The Morgan fingerprint density at radius 2 is 1.51 bits per heavy atom. The zero-order valence-electron chi connectivity index (χ0n) is 25.2. The third-order valence-electron chi connectivity index (χ3n) is 7.54. The summed E-state index contributed by atoms with van der Waals surface area (Å²) in [6.07, 6.45) is 1.98. The van der Waals surface area contributed by atoms with Crippen LogP contribution in [0.1, 0.15) is 28.1 Å². The van der Waals surface area contributed by atoms with Gasteiger partial charge in [0.15, 0.2) is 5.17 Å². The SMILES string of the molecule is COc1ccc(CN2C(=O)/C(=C/c3cc(C)n(-c4ccc(OCc5ccc(Br)cc5)cc4)c3C)SC2=Nc2ccccc2)cc1. The van der Waals surface area contributed by atoms with Crippen molar-refractivity contribution in [2.75, 3.05) is 7.11 Å². The minimum absolute atomic E-state index is 0.0671. The molecule has 0 aliphatic carbocycles. The summed E-state index contributed by atoms with van der Waals surface area (Å²) in [5.74, 6) is 1.52. The molecule has 0 saturated carbocycles. The van der Waals surface area contributed by atoms with E-state index in [2.05, 4.69) is 52.5 Å². The van der Waals surface area contributed by atoms with E-state index in [1.54, 1.807) is 12.0 Å². The van der Waals surface area contributed by atoms with Gasteiger partial charge in [-0.05, 0) is 115 Å². The maximum absolute atomic E-state index is 13.8. The van der Waals surface area contributed by atoms with Crippen LogP contribution in [0.15, 0.2) is 124 Å². The Balaban J connectivity index is 1.24. The van der Waals surface area contributed by atoms with E-state index in [1.165, 1.54) is 11.8 Å². The first-order valence-corrected chi connectivity index (χ1v) is 16.1. The Bertz CT molecular complexity index is 1860. The second-order valence-corrected chi connectivity index (χ2v) is 12.6. The van der Waals surface area contributed by atoms with Crippen LogP contribution in [-0.2, 0) is 17.9 Å². The molecule has 0 atom stereocenters. The first-order valence-electron chi connectivity index (χ1n) is 14.5. The predicted octanol–water partition coefficient (Wildman–Crippen LogP) is 9.25. The van der Waals surface area contributed by atoms with Gasteiger partial charge in [0.1, 0.15) is 18.1 Å². The number of halogens is 1. The van der Waals surface area contributed by atoms with Crippen molar-refractivity contribution in [1.82, 2.24) is 9.47 Å². The second-order valence-electron chi connectivity index (χ2n) is 10.7. The highest BCUT2D eigenvalue weighted by Crippen LogP contribution is 2.36. The van der Waals surface area contributed by atoms with E-state index in [0.29, 0.717) is 23.2 Å². The Labute approximate surface area is 276 Å². The molecule has 226 valence electrons. The summed E-state index contributed by atoms with van der Waals surface area (Å²) in [6, 6.07) is 35.8. The minimum Gasteiger partial charge on any atom is -0.497 e. The van der Waals surface area contributed by atoms with Crippen molar-refractivity contribution in [1.29, 1.82) is 0 Å². The minimum atomic E-state index is -0.0671. The molecule has 1 fully saturated rings. The molecule has 0 N–H and O–H groups in total. The number of aliphatic imine (C=N–C) groups is 1. The van der Waals surface area contributed by atoms with E-state index in [-0.39, 0.29) is 5.91 Å². The van der Waals surface area contributed by atoms with Gasteiger partial charge in [-0.3, -0.25) is 9.69 Å². The van der Waals surface area contributed by atoms with Crippen molar-refractivity contribution in [3.05, 3.63) is 147 Å². The number of aryl methyl sites for hydroxylation is 1. The van der Waals surface area contributed by atoms with Crippen LogP contribution < -0.4 is 9.47 Å². The van der Waals surface area contributed by atoms with Gasteiger partial charge in [0.05, 0.1) is 24.2 Å². The highest BCUT2D eigenvalue weighted by atomic mass is 79.9. The van der Waals surface area contributed by atoms with Crippen molar-refractivity contribution in [2.24, 2.45) is 4.99 Å². The molecule has 8 heteroatoms. The van der Waals surface area contributed by atoms with Crippen molar-refractivity contribution < 1.29 is 14.3 Å². The number of thioether (sulfide) groups is 1. The first-order chi connectivity index (χ1) is 21.9. The number of methoxy groups -OCH3 is 1. The number of ether oxygens (including phenoxy) is 2. The average molecular weight is 679 g/mol. The van der Waals surface area contributed by atoms with E-state index in [4.69, 9.17) is 14.5 Å². The van der Waals surface area contributed by atoms with Crippen molar-refractivity contribution in [3.63, 3.8) is 0 Å². The molecule has 5 aromatic rings. The van der Waals surface area contributed by atoms with Gasteiger partial charge in [0.2, 0.25) is 0 Å². The molecule has 1 aromatic heterocycles. The molecule has 1 amide bonds. The van der Waals surface area contributed by atoms with Crippen LogP contribution in [0, 0.1) is 13.8 Å². The number of para-hydroxylation sites is 1. The van der Waals surface area contributed by atoms with Gasteiger partial charge < -0.3 is 14.0 Å². The fourth-order valence-electron chi connectivity index (χ4n) is 5.17. The summed E-state index contributed by atoms with van der Waals surface area (Å²) < 4.78 is 14.6. The lowest BCUT2D eigenvalue weighted by molar-refractivity contribution is -0.122. The zero-order chi connectivity index (χ0) is 31.3. The predicted molar refractivity (Wildman–Crippen MR) is 186 cm³/mol. The molecule has 6 nitrogen and oxygen atoms in total. The van der Waals surface area contributed by atoms with Gasteiger partial charge in [-0.25, -0.2) is 4.99 Å². The lowest BCUT2D eigenvalue weighted by atomic mass is 10.2. The molecule has 0 radical (unpaired) electrons. The number of hydrogen-bond donors (Lipinski definition) is 0. The van der Waals surface area contributed by atoms with Gasteiger partial charge >= 0.3 is 0 Å². The maximum Gasteiger partial charge on any atom is 0.267 e. The number of amides is 1. The molecule has 1 saturated heterocycles. The van der Waals surface area contributed by atoms with Gasteiger partial charge in [0.25, 0.3) is 5.91 Å². The van der Waals surface area contributed by atoms with Crippen LogP contribution in [0.4, 0.5) is 5.69 Å². The fourth-order valence-corrected chi connectivity index (χ4v) is 6.42. The van der Waals surface area contributed by atoms with Crippen LogP contribution in [0.25, 0.3) is 11.8 Å². The molecule has 0 bridgehead atoms. The fraction of sp³-hybridized carbons (Fsp3) is 0.135. The number of amidine groups is 1. The second kappa shape index (κ2) is 13.6. The average Bonchev–Trinajstić information content (AvgIpc) is 3.50. The van der Waals surface area contributed by atoms with E-state index in [9.17, 15) is 4.79 Å². The number of carbonyl (C=O) groups excluding carboxylic acids is 1. The molecule has 45 heavy (non-hydrogen) atoms. The first kappa shape index (κ1) is 30.5. The number of nitrogens with zero attached hydrogens (tertiary/aromatic N) is 3.